The fourth-order valence-electron chi connectivity index (χ4n) is 7.75. The number of thiophene rings is 1. The minimum Gasteiger partial charge on any atom is -0.456 e. The highest BCUT2D eigenvalue weighted by Gasteiger charge is 2.22. The van der Waals surface area contributed by atoms with Crippen LogP contribution < -0.4 is 0 Å². The molecule has 0 aliphatic carbocycles. The van der Waals surface area contributed by atoms with Gasteiger partial charge in [-0.1, -0.05) is 115 Å². The van der Waals surface area contributed by atoms with Crippen LogP contribution in [-0.2, 0) is 0 Å². The summed E-state index contributed by atoms with van der Waals surface area (Å²) in [6.07, 6.45) is 0. The van der Waals surface area contributed by atoms with Gasteiger partial charge in [-0.3, -0.25) is 0 Å². The maximum Gasteiger partial charge on any atom is 0.160 e. The summed E-state index contributed by atoms with van der Waals surface area (Å²) in [4.78, 5) is 10.5. The second-order valence-corrected chi connectivity index (χ2v) is 14.0. The molecule has 11 rings (SSSR count). The van der Waals surface area contributed by atoms with E-state index in [1.165, 1.54) is 42.0 Å². The van der Waals surface area contributed by atoms with E-state index >= 15 is 0 Å². The number of aromatic nitrogens is 3. The zero-order chi connectivity index (χ0) is 33.5. The van der Waals surface area contributed by atoms with Crippen LogP contribution in [-0.4, -0.2) is 14.5 Å². The van der Waals surface area contributed by atoms with Crippen LogP contribution >= 0.6 is 11.3 Å². The molecule has 11 aromatic rings. The molecule has 0 saturated carbocycles. The molecule has 51 heavy (non-hydrogen) atoms. The number of rotatable bonds is 4. The van der Waals surface area contributed by atoms with Crippen LogP contribution in [0.25, 0.3) is 104 Å². The van der Waals surface area contributed by atoms with Gasteiger partial charge < -0.3 is 8.98 Å². The molecule has 0 atom stereocenters. The van der Waals surface area contributed by atoms with Gasteiger partial charge in [-0.05, 0) is 48.5 Å². The van der Waals surface area contributed by atoms with Crippen LogP contribution in [0.4, 0.5) is 0 Å². The molecule has 0 unspecified atom stereocenters. The van der Waals surface area contributed by atoms with E-state index in [0.29, 0.717) is 5.82 Å². The molecular weight excluding hydrogens is 643 g/mol. The van der Waals surface area contributed by atoms with E-state index in [0.717, 1.165) is 55.7 Å². The Morgan fingerprint density at radius 3 is 1.84 bits per heavy atom. The average Bonchev–Trinajstić information content (AvgIpc) is 3.87. The van der Waals surface area contributed by atoms with Crippen molar-refractivity contribution in [3.63, 3.8) is 0 Å². The van der Waals surface area contributed by atoms with Crippen LogP contribution in [0.5, 0.6) is 0 Å². The number of hydrogen-bond acceptors (Lipinski definition) is 4. The van der Waals surface area contributed by atoms with Crippen LogP contribution in [0.3, 0.4) is 0 Å². The van der Waals surface area contributed by atoms with Crippen molar-refractivity contribution < 1.29 is 4.42 Å². The van der Waals surface area contributed by atoms with E-state index in [-0.39, 0.29) is 0 Å². The minimum atomic E-state index is 0.701. The molecule has 4 aromatic heterocycles. The van der Waals surface area contributed by atoms with Crippen molar-refractivity contribution in [2.45, 2.75) is 0 Å². The van der Waals surface area contributed by atoms with Gasteiger partial charge in [0.2, 0.25) is 0 Å². The van der Waals surface area contributed by atoms with Crippen molar-refractivity contribution in [1.82, 2.24) is 14.5 Å². The number of benzene rings is 7. The van der Waals surface area contributed by atoms with E-state index in [1.807, 2.05) is 41.7 Å². The first kappa shape index (κ1) is 28.3. The molecule has 0 fully saturated rings. The van der Waals surface area contributed by atoms with Gasteiger partial charge in [-0.25, -0.2) is 9.97 Å². The average molecular weight is 670 g/mol. The maximum absolute atomic E-state index is 6.42. The fourth-order valence-corrected chi connectivity index (χ4v) is 8.96. The topological polar surface area (TPSA) is 43.9 Å². The van der Waals surface area contributed by atoms with E-state index in [4.69, 9.17) is 14.4 Å². The summed E-state index contributed by atoms with van der Waals surface area (Å²) >= 11 is 1.82. The first-order valence-corrected chi connectivity index (χ1v) is 17.9. The Labute approximate surface area is 296 Å². The largest absolute Gasteiger partial charge is 0.456 e. The summed E-state index contributed by atoms with van der Waals surface area (Å²) in [5, 5.41) is 7.13. The minimum absolute atomic E-state index is 0.701. The molecule has 5 heteroatoms. The normalized spacial score (nSPS) is 11.9. The first-order valence-electron chi connectivity index (χ1n) is 17.1. The highest BCUT2D eigenvalue weighted by molar-refractivity contribution is 7.26. The molecule has 0 aliphatic heterocycles. The van der Waals surface area contributed by atoms with Crippen molar-refractivity contribution >= 4 is 75.3 Å². The third kappa shape index (κ3) is 4.32. The SMILES string of the molecule is c1ccc(-c2cc(-c3cc(-n4c5ccccc5c5ccccc54)cc4c3sc3ccc5oc6ccccc6c5c34)nc(-c3ccccc3)n2)cc1. The number of para-hydroxylation sites is 3. The van der Waals surface area contributed by atoms with Crippen molar-refractivity contribution in [2.75, 3.05) is 0 Å². The molecule has 0 radical (unpaired) electrons. The molecule has 7 aromatic carbocycles. The lowest BCUT2D eigenvalue weighted by atomic mass is 10.0. The van der Waals surface area contributed by atoms with Gasteiger partial charge in [-0.15, -0.1) is 11.3 Å². The summed E-state index contributed by atoms with van der Waals surface area (Å²) < 4.78 is 11.2. The smallest absolute Gasteiger partial charge is 0.160 e. The van der Waals surface area contributed by atoms with Crippen LogP contribution in [0.15, 0.2) is 168 Å². The first-order chi connectivity index (χ1) is 25.3. The Bertz CT molecular complexity index is 3030. The van der Waals surface area contributed by atoms with Crippen molar-refractivity contribution in [2.24, 2.45) is 0 Å². The van der Waals surface area contributed by atoms with Gasteiger partial charge in [0.25, 0.3) is 0 Å². The Morgan fingerprint density at radius 1 is 0.471 bits per heavy atom. The zero-order valence-electron chi connectivity index (χ0n) is 27.2. The lowest BCUT2D eigenvalue weighted by Crippen LogP contribution is -1.98. The molecule has 0 aliphatic rings. The molecule has 0 bridgehead atoms. The Hall–Kier alpha value is -6.56. The quantitative estimate of drug-likeness (QED) is 0.187. The van der Waals surface area contributed by atoms with E-state index in [2.05, 4.69) is 138 Å². The monoisotopic (exact) mass is 669 g/mol. The van der Waals surface area contributed by atoms with Crippen LogP contribution in [0, 0.1) is 0 Å². The number of fused-ring (bicyclic) bond motifs is 10. The standard InChI is InChI=1S/C46H27N3OS/c1-3-13-28(14-4-1)36-27-37(48-46(47-36)29-15-5-2-6-16-29)34-25-30(49-38-20-10-7-17-31(38)32-18-8-11-21-39(32)49)26-35-44-42(51-45(34)35)24-23-41-43(44)33-19-9-12-22-40(33)50-41/h1-27H. The van der Waals surface area contributed by atoms with Gasteiger partial charge in [0.1, 0.15) is 11.2 Å². The van der Waals surface area contributed by atoms with Crippen LogP contribution in [0.1, 0.15) is 0 Å². The molecule has 0 amide bonds. The van der Waals surface area contributed by atoms with E-state index < -0.39 is 0 Å². The molecule has 238 valence electrons. The van der Waals surface area contributed by atoms with E-state index in [1.54, 1.807) is 0 Å². The highest BCUT2D eigenvalue weighted by atomic mass is 32.1. The third-order valence-corrected chi connectivity index (χ3v) is 11.2. The number of furan rings is 1. The molecule has 4 heterocycles. The second-order valence-electron chi connectivity index (χ2n) is 12.9. The Balaban J connectivity index is 1.30. The maximum atomic E-state index is 6.42. The molecule has 0 saturated heterocycles. The zero-order valence-corrected chi connectivity index (χ0v) is 28.1. The Morgan fingerprint density at radius 2 is 1.10 bits per heavy atom. The van der Waals surface area contributed by atoms with Gasteiger partial charge in [0.05, 0.1) is 22.4 Å². The van der Waals surface area contributed by atoms with Crippen molar-refractivity contribution in [1.29, 1.82) is 0 Å². The van der Waals surface area contributed by atoms with Crippen molar-refractivity contribution in [3.8, 4) is 39.6 Å². The number of hydrogen-bond donors (Lipinski definition) is 0. The molecule has 0 N–H and O–H groups in total. The fraction of sp³-hybridized carbons (Fsp3) is 0. The predicted octanol–water partition coefficient (Wildman–Crippen LogP) is 12.8. The van der Waals surface area contributed by atoms with Gasteiger partial charge in [0, 0.05) is 64.1 Å². The molecule has 0 spiro atoms. The Kier molecular flexibility index (Phi) is 6.09. The summed E-state index contributed by atoms with van der Waals surface area (Å²) in [6, 6.07) is 57.6. The van der Waals surface area contributed by atoms with Gasteiger partial charge in [0.15, 0.2) is 5.82 Å². The van der Waals surface area contributed by atoms with Crippen molar-refractivity contribution in [3.05, 3.63) is 164 Å². The van der Waals surface area contributed by atoms with Gasteiger partial charge in [-0.2, -0.15) is 0 Å². The lowest BCUT2D eigenvalue weighted by molar-refractivity contribution is 0.669. The number of nitrogens with zero attached hydrogens (tertiary/aromatic N) is 3. The molecular formula is C46H27N3OS. The second kappa shape index (κ2) is 11.0. The summed E-state index contributed by atoms with van der Waals surface area (Å²) in [5.74, 6) is 0.701. The van der Waals surface area contributed by atoms with Gasteiger partial charge >= 0.3 is 0 Å². The lowest BCUT2D eigenvalue weighted by Gasteiger charge is -2.14. The molecule has 4 nitrogen and oxygen atoms in total. The van der Waals surface area contributed by atoms with Crippen LogP contribution in [0.2, 0.25) is 0 Å². The summed E-state index contributed by atoms with van der Waals surface area (Å²) in [7, 11) is 0. The predicted molar refractivity (Wildman–Crippen MR) is 213 cm³/mol. The third-order valence-electron chi connectivity index (χ3n) is 10.0. The summed E-state index contributed by atoms with van der Waals surface area (Å²) in [6.45, 7) is 0. The highest BCUT2D eigenvalue weighted by Crippen LogP contribution is 2.47. The summed E-state index contributed by atoms with van der Waals surface area (Å²) in [5.41, 5.74) is 10.1. The van der Waals surface area contributed by atoms with E-state index in [9.17, 15) is 0 Å².